The topological polar surface area (TPSA) is 66.4 Å². The first kappa shape index (κ1) is 14.5. The number of carboxylic acid groups (broad SMARTS) is 1. The lowest BCUT2D eigenvalue weighted by atomic mass is 10.2. The predicted molar refractivity (Wildman–Crippen MR) is 67.8 cm³/mol. The maximum absolute atomic E-state index is 13.2. The van der Waals surface area contributed by atoms with Crippen molar-refractivity contribution in [1.82, 2.24) is 5.32 Å². The smallest absolute Gasteiger partial charge is 0.304 e. The Kier molecular flexibility index (Phi) is 6.21. The van der Waals surface area contributed by atoms with Gasteiger partial charge >= 0.3 is 5.97 Å². The van der Waals surface area contributed by atoms with Gasteiger partial charge in [0.05, 0.1) is 12.2 Å². The van der Waals surface area contributed by atoms with E-state index in [2.05, 4.69) is 5.32 Å². The molecule has 0 radical (unpaired) electrons. The summed E-state index contributed by atoms with van der Waals surface area (Å²) in [6.07, 6.45) is 0.0330. The van der Waals surface area contributed by atoms with Crippen LogP contribution < -0.4 is 5.32 Å². The van der Waals surface area contributed by atoms with Crippen molar-refractivity contribution in [2.45, 2.75) is 13.0 Å². The second kappa shape index (κ2) is 7.71. The molecule has 6 heteroatoms. The van der Waals surface area contributed by atoms with E-state index in [-0.39, 0.29) is 30.4 Å². The Balaban J connectivity index is 2.21. The Morgan fingerprint density at radius 3 is 2.72 bits per heavy atom. The summed E-state index contributed by atoms with van der Waals surface area (Å²) in [6.45, 7) is 0.144. The zero-order valence-electron chi connectivity index (χ0n) is 9.69. The number of aliphatic carboxylic acids is 1. The van der Waals surface area contributed by atoms with Gasteiger partial charge in [-0.1, -0.05) is 18.2 Å². The number of nitrogens with one attached hydrogen (secondary N) is 1. The molecule has 0 heterocycles. The third-order valence-corrected chi connectivity index (χ3v) is 3.09. The minimum absolute atomic E-state index is 0.0330. The molecule has 98 valence electrons. The van der Waals surface area contributed by atoms with Crippen LogP contribution in [0.1, 0.15) is 12.0 Å². The second-order valence-corrected chi connectivity index (χ2v) is 4.67. The fourth-order valence-corrected chi connectivity index (χ4v) is 1.96. The van der Waals surface area contributed by atoms with Gasteiger partial charge in [-0.3, -0.25) is 9.59 Å². The van der Waals surface area contributed by atoms with Crippen molar-refractivity contribution in [1.29, 1.82) is 0 Å². The van der Waals surface area contributed by atoms with E-state index in [1.807, 2.05) is 0 Å². The molecule has 0 saturated carbocycles. The van der Waals surface area contributed by atoms with Gasteiger partial charge in [-0.25, -0.2) is 4.39 Å². The molecule has 1 rings (SSSR count). The zero-order chi connectivity index (χ0) is 13.4. The first-order chi connectivity index (χ1) is 8.59. The summed E-state index contributed by atoms with van der Waals surface area (Å²) < 4.78 is 13.2. The molecule has 0 aromatic heterocycles. The van der Waals surface area contributed by atoms with Crippen LogP contribution in [0.4, 0.5) is 4.39 Å². The fraction of sp³-hybridized carbons (Fsp3) is 0.333. The molecular weight excluding hydrogens is 257 g/mol. The minimum Gasteiger partial charge on any atom is -0.481 e. The lowest BCUT2D eigenvalue weighted by molar-refractivity contribution is -0.136. The minimum atomic E-state index is -0.880. The van der Waals surface area contributed by atoms with Gasteiger partial charge in [0.25, 0.3) is 0 Å². The molecule has 1 amide bonds. The number of carboxylic acids is 1. The van der Waals surface area contributed by atoms with E-state index in [1.165, 1.54) is 17.8 Å². The summed E-state index contributed by atoms with van der Waals surface area (Å²) in [4.78, 5) is 21.6. The molecule has 4 nitrogen and oxygen atoms in total. The average molecular weight is 271 g/mol. The number of hydrogen-bond donors (Lipinski definition) is 2. The molecule has 0 aliphatic heterocycles. The van der Waals surface area contributed by atoms with Gasteiger partial charge in [0.2, 0.25) is 5.91 Å². The largest absolute Gasteiger partial charge is 0.481 e. The quantitative estimate of drug-likeness (QED) is 0.740. The predicted octanol–water partition coefficient (Wildman–Crippen LogP) is 1.65. The maximum atomic E-state index is 13.2. The van der Waals surface area contributed by atoms with Crippen LogP contribution in [0.25, 0.3) is 0 Å². The monoisotopic (exact) mass is 271 g/mol. The number of benzene rings is 1. The molecule has 0 saturated heterocycles. The standard InChI is InChI=1S/C12H14FNO3S/c13-10-4-2-1-3-9(10)7-14-11(15)8-18-6-5-12(16)17/h1-4H,5-8H2,(H,14,15)(H,16,17). The Morgan fingerprint density at radius 1 is 1.33 bits per heavy atom. The maximum Gasteiger partial charge on any atom is 0.304 e. The summed E-state index contributed by atoms with van der Waals surface area (Å²) in [7, 11) is 0. The molecule has 18 heavy (non-hydrogen) atoms. The van der Waals surface area contributed by atoms with Crippen LogP contribution in [-0.4, -0.2) is 28.5 Å². The van der Waals surface area contributed by atoms with E-state index in [0.717, 1.165) is 0 Å². The summed E-state index contributed by atoms with van der Waals surface area (Å²) in [5.74, 6) is -0.885. The van der Waals surface area contributed by atoms with Crippen molar-refractivity contribution in [3.05, 3.63) is 35.6 Å². The zero-order valence-corrected chi connectivity index (χ0v) is 10.5. The van der Waals surface area contributed by atoms with E-state index >= 15 is 0 Å². The molecule has 1 aromatic carbocycles. The molecule has 0 bridgehead atoms. The lowest BCUT2D eigenvalue weighted by Gasteiger charge is -2.05. The number of carbonyl (C=O) groups is 2. The van der Waals surface area contributed by atoms with Gasteiger partial charge in [0, 0.05) is 17.9 Å². The Labute approximate surface area is 109 Å². The van der Waals surface area contributed by atoms with Gasteiger partial charge in [0.15, 0.2) is 0 Å². The van der Waals surface area contributed by atoms with E-state index in [0.29, 0.717) is 11.3 Å². The highest BCUT2D eigenvalue weighted by Gasteiger charge is 2.05. The number of hydrogen-bond acceptors (Lipinski definition) is 3. The van der Waals surface area contributed by atoms with Gasteiger partial charge in [-0.05, 0) is 6.07 Å². The Morgan fingerprint density at radius 2 is 2.06 bits per heavy atom. The molecule has 2 N–H and O–H groups in total. The number of rotatable bonds is 7. The summed E-state index contributed by atoms with van der Waals surface area (Å²) in [5.41, 5.74) is 0.432. The van der Waals surface area contributed by atoms with Crippen molar-refractivity contribution >= 4 is 23.6 Å². The molecule has 0 aliphatic rings. The number of thioether (sulfide) groups is 1. The van der Waals surface area contributed by atoms with Gasteiger partial charge in [-0.15, -0.1) is 0 Å². The molecule has 1 aromatic rings. The van der Waals surface area contributed by atoms with Crippen LogP contribution in [-0.2, 0) is 16.1 Å². The van der Waals surface area contributed by atoms with Crippen molar-refractivity contribution < 1.29 is 19.1 Å². The van der Waals surface area contributed by atoms with E-state index in [9.17, 15) is 14.0 Å². The Bertz CT molecular complexity index is 426. The fourth-order valence-electron chi connectivity index (χ4n) is 1.21. The van der Waals surface area contributed by atoms with Crippen molar-refractivity contribution in [2.75, 3.05) is 11.5 Å². The summed E-state index contributed by atoms with van der Waals surface area (Å²) >= 11 is 1.24. The molecule has 0 spiro atoms. The van der Waals surface area contributed by atoms with Crippen LogP contribution in [0.5, 0.6) is 0 Å². The van der Waals surface area contributed by atoms with Crippen LogP contribution in [0.2, 0.25) is 0 Å². The van der Waals surface area contributed by atoms with E-state index in [4.69, 9.17) is 5.11 Å². The third-order valence-electron chi connectivity index (χ3n) is 2.13. The summed E-state index contributed by atoms with van der Waals surface area (Å²) in [6, 6.07) is 6.23. The van der Waals surface area contributed by atoms with Gasteiger partial charge < -0.3 is 10.4 Å². The van der Waals surface area contributed by atoms with Crippen LogP contribution >= 0.6 is 11.8 Å². The molecule has 0 aliphatic carbocycles. The molecule has 0 atom stereocenters. The first-order valence-electron chi connectivity index (χ1n) is 5.39. The van der Waals surface area contributed by atoms with Crippen LogP contribution in [0.3, 0.4) is 0 Å². The van der Waals surface area contributed by atoms with E-state index < -0.39 is 5.97 Å². The Hall–Kier alpha value is -1.56. The van der Waals surface area contributed by atoms with Crippen LogP contribution in [0, 0.1) is 5.82 Å². The number of halogens is 1. The van der Waals surface area contributed by atoms with E-state index in [1.54, 1.807) is 18.2 Å². The van der Waals surface area contributed by atoms with Crippen LogP contribution in [0.15, 0.2) is 24.3 Å². The van der Waals surface area contributed by atoms with Gasteiger partial charge in [-0.2, -0.15) is 11.8 Å². The normalized spacial score (nSPS) is 10.1. The molecular formula is C12H14FNO3S. The highest BCUT2D eigenvalue weighted by molar-refractivity contribution is 7.99. The molecule has 0 unspecified atom stereocenters. The third kappa shape index (κ3) is 5.67. The number of amides is 1. The SMILES string of the molecule is O=C(O)CCSCC(=O)NCc1ccccc1F. The van der Waals surface area contributed by atoms with Crippen molar-refractivity contribution in [2.24, 2.45) is 0 Å². The van der Waals surface area contributed by atoms with Gasteiger partial charge in [0.1, 0.15) is 5.82 Å². The second-order valence-electron chi connectivity index (χ2n) is 3.56. The highest BCUT2D eigenvalue weighted by atomic mass is 32.2. The highest BCUT2D eigenvalue weighted by Crippen LogP contribution is 2.06. The summed E-state index contributed by atoms with van der Waals surface area (Å²) in [5, 5.41) is 11.0. The lowest BCUT2D eigenvalue weighted by Crippen LogP contribution is -2.25. The van der Waals surface area contributed by atoms with Crippen molar-refractivity contribution in [3.8, 4) is 0 Å². The average Bonchev–Trinajstić information content (AvgIpc) is 2.33. The van der Waals surface area contributed by atoms with Crippen molar-refractivity contribution in [3.63, 3.8) is 0 Å². The number of carbonyl (C=O) groups excluding carboxylic acids is 1. The first-order valence-corrected chi connectivity index (χ1v) is 6.54. The molecule has 0 fully saturated rings.